The van der Waals surface area contributed by atoms with E-state index in [1.54, 1.807) is 0 Å². The van der Waals surface area contributed by atoms with Gasteiger partial charge in [0.25, 0.3) is 5.91 Å². The molecule has 0 N–H and O–H groups in total. The average molecular weight is 386 g/mol. The maximum Gasteiger partial charge on any atom is 0.254 e. The smallest absolute Gasteiger partial charge is 0.254 e. The first-order chi connectivity index (χ1) is 12.8. The van der Waals surface area contributed by atoms with Crippen LogP contribution in [0.15, 0.2) is 48.5 Å². The predicted octanol–water partition coefficient (Wildman–Crippen LogP) is 5.46. The number of hydrogen-bond donors (Lipinski definition) is 0. The zero-order valence-corrected chi connectivity index (χ0v) is 17.1. The number of hydrogen-bond acceptors (Lipinski definition) is 2. The van der Waals surface area contributed by atoms with Crippen molar-refractivity contribution in [2.24, 2.45) is 0 Å². The predicted molar refractivity (Wildman–Crippen MR) is 110 cm³/mol. The van der Waals surface area contributed by atoms with Crippen LogP contribution in [0.4, 0.5) is 0 Å². The molecule has 144 valence electrons. The first-order valence-electron chi connectivity index (χ1n) is 9.59. The molecule has 1 aliphatic rings. The van der Waals surface area contributed by atoms with Gasteiger partial charge in [0.15, 0.2) is 0 Å². The van der Waals surface area contributed by atoms with Crippen LogP contribution in [0, 0.1) is 0 Å². The molecule has 3 rings (SSSR count). The summed E-state index contributed by atoms with van der Waals surface area (Å²) in [6.45, 7) is 8.48. The zero-order chi connectivity index (χ0) is 19.4. The van der Waals surface area contributed by atoms with Gasteiger partial charge < -0.3 is 9.64 Å². The van der Waals surface area contributed by atoms with E-state index in [1.165, 1.54) is 5.56 Å². The molecule has 0 unspecified atom stereocenters. The Morgan fingerprint density at radius 3 is 2.33 bits per heavy atom. The third-order valence-electron chi connectivity index (χ3n) is 5.02. The fourth-order valence-electron chi connectivity index (χ4n) is 3.36. The number of ether oxygens (including phenoxy) is 1. The molecule has 4 heteroatoms. The van der Waals surface area contributed by atoms with Crippen LogP contribution in [0.25, 0.3) is 0 Å². The summed E-state index contributed by atoms with van der Waals surface area (Å²) in [5.41, 5.74) is 3.08. The Kier molecular flexibility index (Phi) is 6.23. The topological polar surface area (TPSA) is 29.5 Å². The zero-order valence-electron chi connectivity index (χ0n) is 16.4. The molecule has 1 fully saturated rings. The van der Waals surface area contributed by atoms with Gasteiger partial charge >= 0.3 is 0 Å². The fourth-order valence-corrected chi connectivity index (χ4v) is 3.48. The lowest BCUT2D eigenvalue weighted by atomic mass is 9.86. The van der Waals surface area contributed by atoms with Crippen molar-refractivity contribution in [3.05, 3.63) is 70.2 Å². The van der Waals surface area contributed by atoms with Crippen LogP contribution >= 0.6 is 11.6 Å². The van der Waals surface area contributed by atoms with Gasteiger partial charge in [-0.2, -0.15) is 0 Å². The van der Waals surface area contributed by atoms with Gasteiger partial charge in [-0.3, -0.25) is 4.79 Å². The summed E-state index contributed by atoms with van der Waals surface area (Å²) in [6.07, 6.45) is 2.19. The molecule has 1 amide bonds. The van der Waals surface area contributed by atoms with Crippen LogP contribution < -0.4 is 0 Å². The highest BCUT2D eigenvalue weighted by atomic mass is 35.5. The SMILES string of the molecule is CC(C)(C)c1ccc(C(=O)N(Cc2ccc(Cl)cc2)C[C@@H]2CCCO2)cc1. The Morgan fingerprint density at radius 2 is 1.78 bits per heavy atom. The molecule has 27 heavy (non-hydrogen) atoms. The molecule has 1 heterocycles. The van der Waals surface area contributed by atoms with Crippen molar-refractivity contribution in [2.45, 2.75) is 51.7 Å². The molecule has 0 bridgehead atoms. The highest BCUT2D eigenvalue weighted by Crippen LogP contribution is 2.23. The van der Waals surface area contributed by atoms with Gasteiger partial charge in [-0.1, -0.05) is 56.6 Å². The Labute approximate surface area is 167 Å². The van der Waals surface area contributed by atoms with Crippen molar-refractivity contribution >= 4 is 17.5 Å². The fraction of sp³-hybridized carbons (Fsp3) is 0.435. The average Bonchev–Trinajstić information content (AvgIpc) is 3.15. The van der Waals surface area contributed by atoms with E-state index in [-0.39, 0.29) is 17.4 Å². The molecule has 0 saturated carbocycles. The number of nitrogens with zero attached hydrogens (tertiary/aromatic N) is 1. The van der Waals surface area contributed by atoms with E-state index in [9.17, 15) is 4.79 Å². The first-order valence-corrected chi connectivity index (χ1v) is 9.96. The highest BCUT2D eigenvalue weighted by Gasteiger charge is 2.24. The van der Waals surface area contributed by atoms with Gasteiger partial charge in [-0.05, 0) is 53.6 Å². The molecular weight excluding hydrogens is 358 g/mol. The molecule has 0 aromatic heterocycles. The van der Waals surface area contributed by atoms with Crippen molar-refractivity contribution < 1.29 is 9.53 Å². The van der Waals surface area contributed by atoms with E-state index < -0.39 is 0 Å². The third-order valence-corrected chi connectivity index (χ3v) is 5.27. The molecule has 1 atom stereocenters. The molecular formula is C23H28ClNO2. The molecule has 0 spiro atoms. The second-order valence-electron chi connectivity index (χ2n) is 8.27. The minimum absolute atomic E-state index is 0.0425. The van der Waals surface area contributed by atoms with E-state index in [2.05, 4.69) is 32.9 Å². The van der Waals surface area contributed by atoms with Crippen LogP contribution in [0.3, 0.4) is 0 Å². The molecule has 1 saturated heterocycles. The normalized spacial score (nSPS) is 17.1. The van der Waals surface area contributed by atoms with Gasteiger partial charge in [-0.25, -0.2) is 0 Å². The summed E-state index contributed by atoms with van der Waals surface area (Å²) >= 11 is 6.00. The van der Waals surface area contributed by atoms with E-state index in [4.69, 9.17) is 16.3 Å². The standard InChI is InChI=1S/C23H28ClNO2/c1-23(2,3)19-10-8-18(9-11-19)22(26)25(16-21-5-4-14-27-21)15-17-6-12-20(24)13-7-17/h6-13,21H,4-5,14-16H2,1-3H3/t21-/m0/s1. The lowest BCUT2D eigenvalue weighted by Gasteiger charge is -2.26. The van der Waals surface area contributed by atoms with Crippen LogP contribution in [-0.2, 0) is 16.7 Å². The number of benzene rings is 2. The number of rotatable bonds is 5. The van der Waals surface area contributed by atoms with Gasteiger partial charge in [0.1, 0.15) is 0 Å². The van der Waals surface area contributed by atoms with E-state index in [0.29, 0.717) is 18.1 Å². The number of halogens is 1. The van der Waals surface area contributed by atoms with Crippen molar-refractivity contribution in [2.75, 3.05) is 13.2 Å². The summed E-state index contributed by atoms with van der Waals surface area (Å²) < 4.78 is 5.78. The summed E-state index contributed by atoms with van der Waals surface area (Å²) in [4.78, 5) is 15.1. The van der Waals surface area contributed by atoms with Crippen LogP contribution in [0.2, 0.25) is 5.02 Å². The summed E-state index contributed by atoms with van der Waals surface area (Å²) in [7, 11) is 0. The van der Waals surface area contributed by atoms with E-state index >= 15 is 0 Å². The van der Waals surface area contributed by atoms with E-state index in [0.717, 1.165) is 30.6 Å². The first kappa shape index (κ1) is 19.9. The molecule has 2 aromatic rings. The Hall–Kier alpha value is -1.84. The summed E-state index contributed by atoms with van der Waals surface area (Å²) in [5, 5.41) is 0.702. The maximum atomic E-state index is 13.2. The summed E-state index contributed by atoms with van der Waals surface area (Å²) in [5.74, 6) is 0.0425. The van der Waals surface area contributed by atoms with Crippen molar-refractivity contribution in [3.8, 4) is 0 Å². The minimum Gasteiger partial charge on any atom is -0.376 e. The Balaban J connectivity index is 1.79. The van der Waals surface area contributed by atoms with Crippen molar-refractivity contribution in [3.63, 3.8) is 0 Å². The monoisotopic (exact) mass is 385 g/mol. The molecule has 2 aromatic carbocycles. The second kappa shape index (κ2) is 8.45. The molecule has 3 nitrogen and oxygen atoms in total. The maximum absolute atomic E-state index is 13.2. The van der Waals surface area contributed by atoms with Gasteiger partial charge in [0.05, 0.1) is 6.10 Å². The number of carbonyl (C=O) groups is 1. The Morgan fingerprint density at radius 1 is 1.11 bits per heavy atom. The van der Waals surface area contributed by atoms with Gasteiger partial charge in [0.2, 0.25) is 0 Å². The lowest BCUT2D eigenvalue weighted by molar-refractivity contribution is 0.0507. The number of amides is 1. The van der Waals surface area contributed by atoms with Crippen molar-refractivity contribution in [1.29, 1.82) is 0 Å². The quantitative estimate of drug-likeness (QED) is 0.684. The molecule has 0 aliphatic carbocycles. The van der Waals surface area contributed by atoms with Gasteiger partial charge in [0, 0.05) is 30.3 Å². The van der Waals surface area contributed by atoms with Crippen molar-refractivity contribution in [1.82, 2.24) is 4.90 Å². The molecule has 0 radical (unpaired) electrons. The van der Waals surface area contributed by atoms with Crippen LogP contribution in [-0.4, -0.2) is 30.1 Å². The largest absolute Gasteiger partial charge is 0.376 e. The number of carbonyl (C=O) groups excluding carboxylic acids is 1. The minimum atomic E-state index is 0.0425. The van der Waals surface area contributed by atoms with Gasteiger partial charge in [-0.15, -0.1) is 0 Å². The summed E-state index contributed by atoms with van der Waals surface area (Å²) in [6, 6.07) is 15.7. The van der Waals surface area contributed by atoms with E-state index in [1.807, 2.05) is 41.3 Å². The molecule has 1 aliphatic heterocycles. The van der Waals surface area contributed by atoms with Crippen LogP contribution in [0.5, 0.6) is 0 Å². The lowest BCUT2D eigenvalue weighted by Crippen LogP contribution is -2.37. The second-order valence-corrected chi connectivity index (χ2v) is 8.71. The van der Waals surface area contributed by atoms with Crippen LogP contribution in [0.1, 0.15) is 55.1 Å². The highest BCUT2D eigenvalue weighted by molar-refractivity contribution is 6.30. The Bertz CT molecular complexity index is 756. The third kappa shape index (κ3) is 5.33.